The molecule has 2 amide bonds. The quantitative estimate of drug-likeness (QED) is 0.614. The van der Waals surface area contributed by atoms with E-state index in [1.54, 1.807) is 30.3 Å². The van der Waals surface area contributed by atoms with Crippen LogP contribution in [0, 0.1) is 0 Å². The third kappa shape index (κ3) is 2.50. The van der Waals surface area contributed by atoms with E-state index in [-0.39, 0.29) is 11.3 Å². The minimum atomic E-state index is -0.595. The lowest BCUT2D eigenvalue weighted by atomic mass is 10.0. The van der Waals surface area contributed by atoms with Gasteiger partial charge in [-0.1, -0.05) is 17.7 Å². The highest BCUT2D eigenvalue weighted by Gasteiger charge is 2.38. The van der Waals surface area contributed by atoms with Crippen molar-refractivity contribution in [3.8, 4) is 11.5 Å². The van der Waals surface area contributed by atoms with Gasteiger partial charge in [-0.2, -0.15) is 0 Å². The van der Waals surface area contributed by atoms with Gasteiger partial charge in [0.1, 0.15) is 19.0 Å². The van der Waals surface area contributed by atoms with Gasteiger partial charge in [-0.15, -0.1) is 0 Å². The van der Waals surface area contributed by atoms with Gasteiger partial charge in [-0.3, -0.25) is 9.59 Å². The van der Waals surface area contributed by atoms with E-state index in [0.717, 1.165) is 4.90 Å². The van der Waals surface area contributed by atoms with Gasteiger partial charge in [0.05, 0.1) is 11.3 Å². The molecule has 0 atom stereocenters. The van der Waals surface area contributed by atoms with Crippen LogP contribution in [0.5, 0.6) is 11.5 Å². The number of hydrogen-bond acceptors (Lipinski definition) is 5. The molecule has 2 aromatic rings. The second-order valence-electron chi connectivity index (χ2n) is 5.90. The van der Waals surface area contributed by atoms with Crippen molar-refractivity contribution in [3.63, 3.8) is 0 Å². The van der Waals surface area contributed by atoms with Crippen molar-refractivity contribution in [3.05, 3.63) is 52.5 Å². The highest BCUT2D eigenvalue weighted by Crippen LogP contribution is 2.42. The average molecular weight is 372 g/mol. The Bertz CT molecular complexity index is 982. The Morgan fingerprint density at radius 2 is 1.85 bits per heavy atom. The lowest BCUT2D eigenvalue weighted by molar-refractivity contribution is -0.122. The van der Waals surface area contributed by atoms with Gasteiger partial charge in [-0.05, 0) is 30.3 Å². The van der Waals surface area contributed by atoms with Crippen molar-refractivity contribution >= 4 is 40.4 Å². The predicted octanol–water partition coefficient (Wildman–Crippen LogP) is 3.43. The molecule has 0 saturated carbocycles. The van der Waals surface area contributed by atoms with E-state index >= 15 is 0 Å². The molecule has 0 spiro atoms. The molecular formula is C19H14ClNO5. The lowest BCUT2D eigenvalue weighted by Crippen LogP contribution is -2.31. The van der Waals surface area contributed by atoms with Crippen LogP contribution in [0.15, 0.2) is 36.4 Å². The number of rotatable bonds is 1. The largest absolute Gasteiger partial charge is 0.506 e. The number of anilines is 1. The third-order valence-corrected chi connectivity index (χ3v) is 4.49. The van der Waals surface area contributed by atoms with Crippen LogP contribution in [0.3, 0.4) is 0 Å². The van der Waals surface area contributed by atoms with Gasteiger partial charge in [0.2, 0.25) is 5.91 Å². The fourth-order valence-electron chi connectivity index (χ4n) is 3.11. The summed E-state index contributed by atoms with van der Waals surface area (Å²) in [5, 5.41) is 11.2. The van der Waals surface area contributed by atoms with Gasteiger partial charge in [-0.25, -0.2) is 4.90 Å². The van der Waals surface area contributed by atoms with Gasteiger partial charge in [0.15, 0.2) is 11.5 Å². The van der Waals surface area contributed by atoms with Crippen LogP contribution in [-0.2, 0) is 9.59 Å². The molecule has 132 valence electrons. The van der Waals surface area contributed by atoms with Gasteiger partial charge >= 0.3 is 0 Å². The molecule has 2 aliphatic rings. The van der Waals surface area contributed by atoms with Crippen LogP contribution in [-0.4, -0.2) is 30.1 Å². The summed E-state index contributed by atoms with van der Waals surface area (Å²) in [6.07, 6.45) is 0. The predicted molar refractivity (Wildman–Crippen MR) is 96.5 cm³/mol. The summed E-state index contributed by atoms with van der Waals surface area (Å²) in [6, 6.07) is 9.66. The first kappa shape index (κ1) is 16.5. The normalized spacial score (nSPS) is 17.2. The molecule has 0 aliphatic carbocycles. The van der Waals surface area contributed by atoms with E-state index in [0.29, 0.717) is 46.5 Å². The number of aliphatic hydroxyl groups excluding tert-OH is 1. The van der Waals surface area contributed by atoms with Crippen LogP contribution in [0.2, 0.25) is 5.02 Å². The lowest BCUT2D eigenvalue weighted by Gasteiger charge is -2.19. The smallest absolute Gasteiger partial charge is 0.269 e. The zero-order valence-electron chi connectivity index (χ0n) is 13.8. The molecule has 0 saturated heterocycles. The van der Waals surface area contributed by atoms with Crippen molar-refractivity contribution < 1.29 is 24.2 Å². The molecule has 26 heavy (non-hydrogen) atoms. The molecule has 0 aromatic heterocycles. The molecule has 6 nitrogen and oxygen atoms in total. The van der Waals surface area contributed by atoms with Crippen LogP contribution >= 0.6 is 11.6 Å². The molecule has 4 rings (SSSR count). The highest BCUT2D eigenvalue weighted by molar-refractivity contribution is 6.43. The number of carbonyl (C=O) groups excluding carboxylic acids is 2. The van der Waals surface area contributed by atoms with E-state index < -0.39 is 11.8 Å². The molecule has 1 N–H and O–H groups in total. The number of benzene rings is 2. The number of halogens is 1. The number of fused-ring (bicyclic) bond motifs is 2. The van der Waals surface area contributed by atoms with E-state index in [9.17, 15) is 14.7 Å². The molecule has 0 radical (unpaired) electrons. The van der Waals surface area contributed by atoms with Crippen LogP contribution in [0.1, 0.15) is 18.1 Å². The summed E-state index contributed by atoms with van der Waals surface area (Å²) in [5.41, 5.74) is 1.24. The van der Waals surface area contributed by atoms with Crippen LogP contribution in [0.4, 0.5) is 5.69 Å². The Kier molecular flexibility index (Phi) is 3.85. The van der Waals surface area contributed by atoms with E-state index in [1.807, 2.05) is 0 Å². The summed E-state index contributed by atoms with van der Waals surface area (Å²) in [4.78, 5) is 25.8. The zero-order chi connectivity index (χ0) is 18.4. The monoisotopic (exact) mass is 371 g/mol. The molecule has 2 heterocycles. The summed E-state index contributed by atoms with van der Waals surface area (Å²) < 4.78 is 11.0. The van der Waals surface area contributed by atoms with E-state index in [4.69, 9.17) is 21.1 Å². The zero-order valence-corrected chi connectivity index (χ0v) is 14.5. The number of imide groups is 1. The number of nitrogens with zero attached hydrogens (tertiary/aromatic N) is 1. The van der Waals surface area contributed by atoms with Gasteiger partial charge in [0.25, 0.3) is 5.91 Å². The van der Waals surface area contributed by atoms with E-state index in [1.165, 1.54) is 13.0 Å². The first-order valence-corrected chi connectivity index (χ1v) is 8.33. The SMILES string of the molecule is CC(=O)N1C(=O)/C(=C(/O)c2ccc3c(c2)OCCO3)c2ccc(Cl)cc21. The maximum Gasteiger partial charge on any atom is 0.269 e. The topological polar surface area (TPSA) is 76.1 Å². The van der Waals surface area contributed by atoms with Crippen LogP contribution < -0.4 is 14.4 Å². The first-order chi connectivity index (χ1) is 12.5. The number of carbonyl (C=O) groups is 2. The van der Waals surface area contributed by atoms with Crippen molar-refractivity contribution in [2.75, 3.05) is 18.1 Å². The third-order valence-electron chi connectivity index (χ3n) is 4.25. The Morgan fingerprint density at radius 3 is 2.58 bits per heavy atom. The van der Waals surface area contributed by atoms with Gasteiger partial charge < -0.3 is 14.6 Å². The fraction of sp³-hybridized carbons (Fsp3) is 0.158. The summed E-state index contributed by atoms with van der Waals surface area (Å²) in [5.74, 6) is -0.218. The minimum absolute atomic E-state index is 0.0449. The fourth-order valence-corrected chi connectivity index (χ4v) is 3.28. The summed E-state index contributed by atoms with van der Waals surface area (Å²) >= 11 is 6.01. The molecular weight excluding hydrogens is 358 g/mol. The second-order valence-corrected chi connectivity index (χ2v) is 6.34. The maximum atomic E-state index is 12.8. The number of ether oxygens (including phenoxy) is 2. The molecule has 2 aromatic carbocycles. The second kappa shape index (κ2) is 6.07. The molecule has 2 aliphatic heterocycles. The Morgan fingerprint density at radius 1 is 1.12 bits per heavy atom. The molecule has 0 unspecified atom stereocenters. The van der Waals surface area contributed by atoms with Crippen molar-refractivity contribution in [1.29, 1.82) is 0 Å². The Balaban J connectivity index is 1.88. The van der Waals surface area contributed by atoms with Crippen molar-refractivity contribution in [1.82, 2.24) is 0 Å². The van der Waals surface area contributed by atoms with Crippen molar-refractivity contribution in [2.45, 2.75) is 6.92 Å². The van der Waals surface area contributed by atoms with Crippen LogP contribution in [0.25, 0.3) is 11.3 Å². The molecule has 7 heteroatoms. The van der Waals surface area contributed by atoms with Gasteiger partial charge in [0, 0.05) is 23.1 Å². The maximum absolute atomic E-state index is 12.8. The highest BCUT2D eigenvalue weighted by atomic mass is 35.5. The molecule has 0 bridgehead atoms. The number of hydrogen-bond donors (Lipinski definition) is 1. The average Bonchev–Trinajstić information content (AvgIpc) is 2.91. The van der Waals surface area contributed by atoms with E-state index in [2.05, 4.69) is 0 Å². The minimum Gasteiger partial charge on any atom is -0.506 e. The molecule has 0 fully saturated rings. The van der Waals surface area contributed by atoms with Crippen molar-refractivity contribution in [2.24, 2.45) is 0 Å². The first-order valence-electron chi connectivity index (χ1n) is 7.95. The number of amides is 2. The summed E-state index contributed by atoms with van der Waals surface area (Å²) in [7, 11) is 0. The number of aliphatic hydroxyl groups is 1. The summed E-state index contributed by atoms with van der Waals surface area (Å²) in [6.45, 7) is 2.15. The standard InChI is InChI=1S/C19H14ClNO5/c1-10(22)21-14-9-12(20)3-4-13(14)17(19(21)24)18(23)11-2-5-15-16(8-11)26-7-6-25-15/h2-5,8-9,23H,6-7H2,1H3/b18-17+. The Labute approximate surface area is 154 Å². The Hall–Kier alpha value is -2.99.